The summed E-state index contributed by atoms with van der Waals surface area (Å²) in [4.78, 5) is 4.39. The molecular weight excluding hydrogens is 380 g/mol. The van der Waals surface area contributed by atoms with Gasteiger partial charge in [-0.25, -0.2) is 4.98 Å². The van der Waals surface area contributed by atoms with Gasteiger partial charge in [-0.3, -0.25) is 5.43 Å². The Morgan fingerprint density at radius 3 is 2.60 bits per heavy atom. The topological polar surface area (TPSA) is 88.8 Å². The summed E-state index contributed by atoms with van der Waals surface area (Å²) < 4.78 is 16.7. The Morgan fingerprint density at radius 1 is 1.20 bits per heavy atom. The van der Waals surface area contributed by atoms with E-state index in [-0.39, 0.29) is 0 Å². The van der Waals surface area contributed by atoms with E-state index in [1.165, 1.54) is 0 Å². The molecule has 1 N–H and O–H groups in total. The number of allylic oxidation sites excluding steroid dienone is 1. The molecule has 2 rings (SSSR count). The van der Waals surface area contributed by atoms with Crippen molar-refractivity contribution in [2.75, 3.05) is 25.7 Å². The van der Waals surface area contributed by atoms with Gasteiger partial charge in [-0.2, -0.15) is 10.4 Å². The molecule has 0 radical (unpaired) electrons. The predicted molar refractivity (Wildman–Crippen MR) is 118 cm³/mol. The predicted octanol–water partition coefficient (Wildman–Crippen LogP) is 4.38. The van der Waals surface area contributed by atoms with Crippen molar-refractivity contribution in [2.45, 2.75) is 33.8 Å². The van der Waals surface area contributed by atoms with Gasteiger partial charge in [-0.1, -0.05) is 6.08 Å². The number of nitrogens with zero attached hydrogens (tertiary/aromatic N) is 3. The van der Waals surface area contributed by atoms with E-state index in [4.69, 9.17) is 14.2 Å². The highest BCUT2D eigenvalue weighted by Gasteiger charge is 2.13. The Labute approximate surface area is 178 Å². The lowest BCUT2D eigenvalue weighted by Crippen LogP contribution is -2.04. The second-order valence-electron chi connectivity index (χ2n) is 6.43. The zero-order valence-electron chi connectivity index (χ0n) is 18.0. The van der Waals surface area contributed by atoms with Crippen LogP contribution in [0.3, 0.4) is 0 Å². The number of hydrogen-bond acceptors (Lipinski definition) is 7. The number of hydrogen-bond donors (Lipinski definition) is 1. The van der Waals surface area contributed by atoms with Crippen molar-refractivity contribution >= 4 is 12.0 Å². The van der Waals surface area contributed by atoms with Crippen molar-refractivity contribution in [1.29, 1.82) is 5.26 Å². The highest BCUT2D eigenvalue weighted by atomic mass is 16.5. The summed E-state index contributed by atoms with van der Waals surface area (Å²) in [5.41, 5.74) is 6.62. The summed E-state index contributed by atoms with van der Waals surface area (Å²) in [6, 6.07) is 7.85. The largest absolute Gasteiger partial charge is 0.490 e. The number of anilines is 1. The minimum atomic E-state index is 0.326. The molecule has 0 bridgehead atoms. The van der Waals surface area contributed by atoms with Crippen molar-refractivity contribution in [3.05, 3.63) is 58.8 Å². The zero-order valence-corrected chi connectivity index (χ0v) is 18.0. The molecular formula is C23H28N4O3. The van der Waals surface area contributed by atoms with Crippen molar-refractivity contribution in [3.8, 4) is 17.6 Å². The average Bonchev–Trinajstić information content (AvgIpc) is 2.71. The lowest BCUT2D eigenvalue weighted by atomic mass is 10.1. The van der Waals surface area contributed by atoms with Gasteiger partial charge < -0.3 is 14.2 Å². The third-order valence-electron chi connectivity index (χ3n) is 4.13. The van der Waals surface area contributed by atoms with Gasteiger partial charge in [-0.15, -0.1) is 6.58 Å². The summed E-state index contributed by atoms with van der Waals surface area (Å²) >= 11 is 0. The van der Waals surface area contributed by atoms with Gasteiger partial charge in [0.25, 0.3) is 0 Å². The zero-order chi connectivity index (χ0) is 21.9. The fourth-order valence-electron chi connectivity index (χ4n) is 3.02. The minimum absolute atomic E-state index is 0.326. The first-order chi connectivity index (χ1) is 14.6. The first-order valence-corrected chi connectivity index (χ1v) is 9.79. The maximum Gasteiger partial charge on any atom is 0.164 e. The Hall–Kier alpha value is -3.37. The maximum atomic E-state index is 9.53. The van der Waals surface area contributed by atoms with Gasteiger partial charge in [0.05, 0.1) is 26.0 Å². The first-order valence-electron chi connectivity index (χ1n) is 9.79. The average molecular weight is 409 g/mol. The van der Waals surface area contributed by atoms with Crippen LogP contribution >= 0.6 is 0 Å². The Kier molecular flexibility index (Phi) is 8.85. The smallest absolute Gasteiger partial charge is 0.164 e. The molecule has 0 aliphatic carbocycles. The number of benzene rings is 1. The number of rotatable bonds is 11. The molecule has 1 aromatic carbocycles. The Bertz CT molecular complexity index is 948. The maximum absolute atomic E-state index is 9.53. The van der Waals surface area contributed by atoms with Crippen LogP contribution in [-0.4, -0.2) is 31.5 Å². The first kappa shape index (κ1) is 22.9. The second kappa shape index (κ2) is 11.6. The molecule has 0 fully saturated rings. The number of nitrogens with one attached hydrogen (secondary N) is 1. The van der Waals surface area contributed by atoms with Crippen molar-refractivity contribution in [1.82, 2.24) is 4.98 Å². The molecule has 158 valence electrons. The van der Waals surface area contributed by atoms with Gasteiger partial charge in [-0.05, 0) is 51.0 Å². The number of hydrazone groups is 1. The molecule has 1 heterocycles. The van der Waals surface area contributed by atoms with Crippen molar-refractivity contribution in [2.24, 2.45) is 5.10 Å². The molecule has 0 aliphatic rings. The van der Waals surface area contributed by atoms with Crippen LogP contribution in [0.25, 0.3) is 0 Å². The number of aryl methyl sites for hydroxylation is 1. The van der Waals surface area contributed by atoms with Crippen LogP contribution in [0.5, 0.6) is 11.5 Å². The van der Waals surface area contributed by atoms with Crippen LogP contribution in [-0.2, 0) is 17.8 Å². The van der Waals surface area contributed by atoms with Crippen LogP contribution in [0, 0.1) is 18.3 Å². The van der Waals surface area contributed by atoms with Crippen LogP contribution in [0.1, 0.15) is 41.8 Å². The molecule has 7 heteroatoms. The molecule has 0 unspecified atom stereocenters. The second-order valence-corrected chi connectivity index (χ2v) is 6.43. The van der Waals surface area contributed by atoms with E-state index in [0.29, 0.717) is 43.4 Å². The van der Waals surface area contributed by atoms with Gasteiger partial charge >= 0.3 is 0 Å². The lowest BCUT2D eigenvalue weighted by Gasteiger charge is -2.15. The third-order valence-corrected chi connectivity index (χ3v) is 4.13. The van der Waals surface area contributed by atoms with Crippen LogP contribution in [0.4, 0.5) is 5.82 Å². The highest BCUT2D eigenvalue weighted by molar-refractivity contribution is 5.82. The molecule has 30 heavy (non-hydrogen) atoms. The number of aromatic nitrogens is 1. The Balaban J connectivity index is 2.36. The summed E-state index contributed by atoms with van der Waals surface area (Å²) in [7, 11) is 1.59. The van der Waals surface area contributed by atoms with Gasteiger partial charge in [0.1, 0.15) is 11.6 Å². The van der Waals surface area contributed by atoms with Gasteiger partial charge in [0, 0.05) is 23.9 Å². The Morgan fingerprint density at radius 2 is 1.97 bits per heavy atom. The lowest BCUT2D eigenvalue weighted by molar-refractivity contribution is 0.184. The van der Waals surface area contributed by atoms with E-state index in [9.17, 15) is 5.26 Å². The van der Waals surface area contributed by atoms with E-state index in [1.807, 2.05) is 45.0 Å². The summed E-state index contributed by atoms with van der Waals surface area (Å²) in [5.74, 6) is 1.78. The van der Waals surface area contributed by atoms with Gasteiger partial charge in [0.2, 0.25) is 0 Å². The molecule has 7 nitrogen and oxygen atoms in total. The number of nitriles is 1. The van der Waals surface area contributed by atoms with E-state index in [1.54, 1.807) is 13.3 Å². The van der Waals surface area contributed by atoms with E-state index in [2.05, 4.69) is 28.2 Å². The number of ether oxygens (including phenoxy) is 3. The molecule has 0 atom stereocenters. The number of methoxy groups -OCH3 is 1. The minimum Gasteiger partial charge on any atom is -0.490 e. The van der Waals surface area contributed by atoms with Crippen molar-refractivity contribution in [3.63, 3.8) is 0 Å². The third kappa shape index (κ3) is 5.82. The standard InChI is InChI=1S/C23H28N4O3/c1-6-9-18-11-17(12-21(29-7-2)22(18)30-8-3)14-25-27-23-20(13-24)19(15-28-5)10-16(4)26-23/h6,10-12,14H,1,7-9,15H2,2-5H3,(H,26,27)/b25-14-. The van der Waals surface area contributed by atoms with Crippen LogP contribution in [0.15, 0.2) is 36.0 Å². The van der Waals surface area contributed by atoms with Crippen molar-refractivity contribution < 1.29 is 14.2 Å². The fourth-order valence-corrected chi connectivity index (χ4v) is 3.02. The highest BCUT2D eigenvalue weighted by Crippen LogP contribution is 2.33. The monoisotopic (exact) mass is 408 g/mol. The summed E-state index contributed by atoms with van der Waals surface area (Å²) in [6.07, 6.45) is 4.12. The molecule has 1 aromatic heterocycles. The number of pyridine rings is 1. The fraction of sp³-hybridized carbons (Fsp3) is 0.348. The molecule has 0 spiro atoms. The molecule has 0 saturated heterocycles. The molecule has 0 saturated carbocycles. The van der Waals surface area contributed by atoms with Crippen LogP contribution in [0.2, 0.25) is 0 Å². The molecule has 0 aliphatic heterocycles. The quantitative estimate of drug-likeness (QED) is 0.337. The molecule has 0 amide bonds. The van der Waals surface area contributed by atoms with E-state index < -0.39 is 0 Å². The summed E-state index contributed by atoms with van der Waals surface area (Å²) in [5, 5.41) is 13.8. The van der Waals surface area contributed by atoms with Gasteiger partial charge in [0.15, 0.2) is 17.3 Å². The SMILES string of the molecule is C=CCc1cc(/C=N\Nc2nc(C)cc(COC)c2C#N)cc(OCC)c1OCC. The van der Waals surface area contributed by atoms with E-state index >= 15 is 0 Å². The van der Waals surface area contributed by atoms with Crippen LogP contribution < -0.4 is 14.9 Å². The normalized spacial score (nSPS) is 10.6. The molecule has 2 aromatic rings. The van der Waals surface area contributed by atoms with E-state index in [0.717, 1.165) is 28.1 Å². The summed E-state index contributed by atoms with van der Waals surface area (Å²) in [6.45, 7) is 10.9.